The van der Waals surface area contributed by atoms with E-state index in [4.69, 9.17) is 9.47 Å². The largest absolute Gasteiger partial charge is 0.488 e. The molecule has 0 aliphatic carbocycles. The summed E-state index contributed by atoms with van der Waals surface area (Å²) in [6.45, 7) is 13.9. The Hall–Kier alpha value is -1.51. The maximum atomic E-state index is 12.1. The number of hydrogen-bond donors (Lipinski definition) is 0. The molecule has 0 atom stereocenters. The van der Waals surface area contributed by atoms with E-state index in [1.807, 2.05) is 53.7 Å². The van der Waals surface area contributed by atoms with E-state index in [1.165, 1.54) is 0 Å². The summed E-state index contributed by atoms with van der Waals surface area (Å²) >= 11 is 0. The summed E-state index contributed by atoms with van der Waals surface area (Å²) < 4.78 is 11.4. The highest BCUT2D eigenvalue weighted by Crippen LogP contribution is 2.29. The van der Waals surface area contributed by atoms with E-state index in [0.29, 0.717) is 5.75 Å². The third-order valence-corrected chi connectivity index (χ3v) is 3.48. The highest BCUT2D eigenvalue weighted by Gasteiger charge is 2.27. The molecule has 0 saturated heterocycles. The van der Waals surface area contributed by atoms with Crippen molar-refractivity contribution in [3.05, 3.63) is 23.8 Å². The van der Waals surface area contributed by atoms with Gasteiger partial charge in [-0.2, -0.15) is 0 Å². The van der Waals surface area contributed by atoms with Crippen molar-refractivity contribution in [3.63, 3.8) is 0 Å². The van der Waals surface area contributed by atoms with Gasteiger partial charge in [-0.05, 0) is 71.2 Å². The normalized spacial score (nSPS) is 12.1. The fourth-order valence-electron chi connectivity index (χ4n) is 1.71. The maximum absolute atomic E-state index is 12.1. The quantitative estimate of drug-likeness (QED) is 0.579. The third-order valence-electron chi connectivity index (χ3n) is 3.48. The summed E-state index contributed by atoms with van der Waals surface area (Å²) in [6.07, 6.45) is 1.58. The van der Waals surface area contributed by atoms with Crippen molar-refractivity contribution in [2.75, 3.05) is 0 Å². The van der Waals surface area contributed by atoms with Crippen LogP contribution in [0.2, 0.25) is 0 Å². The third kappa shape index (κ3) is 5.07. The molecule has 0 aliphatic heterocycles. The molecule has 0 unspecified atom stereocenters. The highest BCUT2D eigenvalue weighted by atomic mass is 16.5. The Bertz CT molecular complexity index is 496. The van der Waals surface area contributed by atoms with Gasteiger partial charge in [0.1, 0.15) is 17.1 Å². The van der Waals surface area contributed by atoms with Crippen LogP contribution in [-0.4, -0.2) is 11.6 Å². The molecule has 0 aliphatic rings. The molecule has 1 rings (SSSR count). The van der Waals surface area contributed by atoms with Gasteiger partial charge in [-0.3, -0.25) is 4.79 Å². The second-order valence-corrected chi connectivity index (χ2v) is 6.96. The summed E-state index contributed by atoms with van der Waals surface area (Å²) in [5.41, 5.74) is 0.337. The van der Waals surface area contributed by atoms with Crippen LogP contribution < -0.4 is 9.47 Å². The van der Waals surface area contributed by atoms with Gasteiger partial charge in [-0.1, -0.05) is 13.8 Å². The Morgan fingerprint density at radius 2 is 1.71 bits per heavy atom. The number of rotatable bonds is 5. The Morgan fingerprint density at radius 3 is 2.19 bits per heavy atom. The molecular formula is C18H28O3. The predicted octanol–water partition coefficient (Wildman–Crippen LogP) is 4.77. The lowest BCUT2D eigenvalue weighted by atomic mass is 9.91. The number of benzene rings is 1. The summed E-state index contributed by atoms with van der Waals surface area (Å²) in [5, 5.41) is 0. The molecule has 0 saturated carbocycles. The zero-order chi connectivity index (χ0) is 16.3. The molecule has 1 aromatic carbocycles. The molecule has 0 radical (unpaired) electrons. The molecule has 0 fully saturated rings. The van der Waals surface area contributed by atoms with Gasteiger partial charge in [0.15, 0.2) is 0 Å². The highest BCUT2D eigenvalue weighted by molar-refractivity contribution is 5.78. The van der Waals surface area contributed by atoms with Gasteiger partial charge in [0.05, 0.1) is 5.41 Å². The lowest BCUT2D eigenvalue weighted by molar-refractivity contribution is -0.144. The van der Waals surface area contributed by atoms with Gasteiger partial charge in [-0.15, -0.1) is 0 Å². The number of esters is 1. The average molecular weight is 292 g/mol. The van der Waals surface area contributed by atoms with Gasteiger partial charge in [0, 0.05) is 0 Å². The topological polar surface area (TPSA) is 35.5 Å². The molecule has 1 aromatic rings. The van der Waals surface area contributed by atoms with Crippen LogP contribution in [-0.2, 0) is 11.2 Å². The molecule has 0 heterocycles. The van der Waals surface area contributed by atoms with Gasteiger partial charge >= 0.3 is 5.97 Å². The minimum absolute atomic E-state index is 0.198. The first kappa shape index (κ1) is 17.5. The Labute approximate surface area is 128 Å². The maximum Gasteiger partial charge on any atom is 0.316 e. The van der Waals surface area contributed by atoms with Crippen LogP contribution in [0.1, 0.15) is 60.5 Å². The van der Waals surface area contributed by atoms with Crippen molar-refractivity contribution < 1.29 is 14.3 Å². The molecule has 0 N–H and O–H groups in total. The van der Waals surface area contributed by atoms with E-state index in [0.717, 1.165) is 24.2 Å². The van der Waals surface area contributed by atoms with Gasteiger partial charge in [0.2, 0.25) is 0 Å². The van der Waals surface area contributed by atoms with E-state index < -0.39 is 5.41 Å². The van der Waals surface area contributed by atoms with Crippen LogP contribution >= 0.6 is 0 Å². The van der Waals surface area contributed by atoms with Crippen LogP contribution in [0, 0.1) is 5.41 Å². The van der Waals surface area contributed by atoms with Gasteiger partial charge in [0.25, 0.3) is 0 Å². The molecule has 118 valence electrons. The Morgan fingerprint density at radius 1 is 1.10 bits per heavy atom. The Kier molecular flexibility index (Phi) is 5.43. The predicted molar refractivity (Wildman–Crippen MR) is 85.9 cm³/mol. The first-order chi connectivity index (χ1) is 9.59. The summed E-state index contributed by atoms with van der Waals surface area (Å²) in [5.74, 6) is 1.23. The summed E-state index contributed by atoms with van der Waals surface area (Å²) in [6, 6.07) is 5.57. The lowest BCUT2D eigenvalue weighted by Crippen LogP contribution is -2.28. The smallest absolute Gasteiger partial charge is 0.316 e. The van der Waals surface area contributed by atoms with Crippen LogP contribution in [0.25, 0.3) is 0 Å². The Balaban J connectivity index is 2.95. The number of carbonyl (C=O) groups excluding carboxylic acids is 1. The zero-order valence-corrected chi connectivity index (χ0v) is 14.4. The molecule has 0 aromatic heterocycles. The average Bonchev–Trinajstić information content (AvgIpc) is 2.38. The lowest BCUT2D eigenvalue weighted by Gasteiger charge is -2.24. The van der Waals surface area contributed by atoms with Crippen LogP contribution in [0.15, 0.2) is 18.2 Å². The monoisotopic (exact) mass is 292 g/mol. The van der Waals surface area contributed by atoms with E-state index in [-0.39, 0.29) is 11.6 Å². The number of hydrogen-bond acceptors (Lipinski definition) is 3. The number of carbonyl (C=O) groups is 1. The molecule has 3 nitrogen and oxygen atoms in total. The van der Waals surface area contributed by atoms with Crippen molar-refractivity contribution in [1.29, 1.82) is 0 Å². The van der Waals surface area contributed by atoms with Crippen molar-refractivity contribution >= 4 is 5.97 Å². The fraction of sp³-hybridized carbons (Fsp3) is 0.611. The van der Waals surface area contributed by atoms with E-state index in [9.17, 15) is 4.79 Å². The summed E-state index contributed by atoms with van der Waals surface area (Å²) in [7, 11) is 0. The fourth-order valence-corrected chi connectivity index (χ4v) is 1.71. The number of ether oxygens (including phenoxy) is 2. The van der Waals surface area contributed by atoms with Crippen molar-refractivity contribution in [2.45, 2.75) is 66.9 Å². The first-order valence-corrected chi connectivity index (χ1v) is 7.63. The molecular weight excluding hydrogens is 264 g/mol. The zero-order valence-electron chi connectivity index (χ0n) is 14.4. The minimum atomic E-state index is -0.465. The summed E-state index contributed by atoms with van der Waals surface area (Å²) in [4.78, 5) is 12.1. The first-order valence-electron chi connectivity index (χ1n) is 7.63. The molecule has 0 bridgehead atoms. The van der Waals surface area contributed by atoms with E-state index in [1.54, 1.807) is 6.07 Å². The van der Waals surface area contributed by atoms with E-state index in [2.05, 4.69) is 6.92 Å². The van der Waals surface area contributed by atoms with Crippen molar-refractivity contribution in [2.24, 2.45) is 5.41 Å². The van der Waals surface area contributed by atoms with Crippen molar-refractivity contribution in [1.82, 2.24) is 0 Å². The standard InChI is InChI=1S/C18H28O3/c1-8-13-12-14(20-16(19)18(6,7)9-2)10-11-15(13)21-17(3,4)5/h10-12H,8-9H2,1-7H3. The second-order valence-electron chi connectivity index (χ2n) is 6.96. The SMILES string of the molecule is CCc1cc(OC(=O)C(C)(C)CC)ccc1OC(C)(C)C. The number of aryl methyl sites for hydroxylation is 1. The van der Waals surface area contributed by atoms with Crippen LogP contribution in [0.4, 0.5) is 0 Å². The van der Waals surface area contributed by atoms with Crippen molar-refractivity contribution in [3.8, 4) is 11.5 Å². The molecule has 0 spiro atoms. The van der Waals surface area contributed by atoms with Gasteiger partial charge < -0.3 is 9.47 Å². The van der Waals surface area contributed by atoms with Crippen LogP contribution in [0.3, 0.4) is 0 Å². The molecule has 0 amide bonds. The van der Waals surface area contributed by atoms with Gasteiger partial charge in [-0.25, -0.2) is 0 Å². The minimum Gasteiger partial charge on any atom is -0.488 e. The second kappa shape index (κ2) is 6.50. The van der Waals surface area contributed by atoms with E-state index >= 15 is 0 Å². The molecule has 21 heavy (non-hydrogen) atoms. The molecule has 3 heteroatoms. The van der Waals surface area contributed by atoms with Crippen LogP contribution in [0.5, 0.6) is 11.5 Å².